The predicted molar refractivity (Wildman–Crippen MR) is 52.4 cm³/mol. The van der Waals surface area contributed by atoms with Crippen molar-refractivity contribution in [2.45, 2.75) is 0 Å². The molecular formula is C11H7F2NO. The Balaban J connectivity index is 2.60. The van der Waals surface area contributed by atoms with Crippen LogP contribution in [0, 0.1) is 11.6 Å². The number of rotatable bonds is 1. The predicted octanol–water partition coefficient (Wildman–Crippen LogP) is 2.32. The molecule has 0 saturated carbocycles. The maximum absolute atomic E-state index is 13.3. The summed E-state index contributed by atoms with van der Waals surface area (Å²) in [6.45, 7) is 0. The van der Waals surface area contributed by atoms with Gasteiger partial charge in [0.05, 0.1) is 0 Å². The quantitative estimate of drug-likeness (QED) is 0.764. The van der Waals surface area contributed by atoms with E-state index in [2.05, 4.69) is 4.98 Å². The Hall–Kier alpha value is -1.97. The van der Waals surface area contributed by atoms with Crippen molar-refractivity contribution in [2.24, 2.45) is 0 Å². The monoisotopic (exact) mass is 207 g/mol. The molecule has 2 rings (SSSR count). The number of H-pyrrole nitrogens is 1. The zero-order valence-corrected chi connectivity index (χ0v) is 7.63. The van der Waals surface area contributed by atoms with Crippen molar-refractivity contribution in [2.75, 3.05) is 0 Å². The third kappa shape index (κ3) is 1.79. The fraction of sp³-hybridized carbons (Fsp3) is 0. The molecule has 0 aliphatic heterocycles. The summed E-state index contributed by atoms with van der Waals surface area (Å²) in [6, 6.07) is 6.99. The number of halogens is 2. The Bertz CT molecular complexity index is 548. The van der Waals surface area contributed by atoms with E-state index < -0.39 is 17.2 Å². The number of benzene rings is 1. The van der Waals surface area contributed by atoms with E-state index in [0.717, 1.165) is 6.07 Å². The maximum Gasteiger partial charge on any atom is 0.283 e. The highest BCUT2D eigenvalue weighted by Gasteiger charge is 2.06. The van der Waals surface area contributed by atoms with Crippen LogP contribution in [0.4, 0.5) is 8.78 Å². The average Bonchev–Trinajstić information content (AvgIpc) is 2.23. The van der Waals surface area contributed by atoms with E-state index in [1.165, 1.54) is 18.3 Å². The zero-order chi connectivity index (χ0) is 10.8. The molecule has 0 atom stereocenters. The molecule has 0 unspecified atom stereocenters. The van der Waals surface area contributed by atoms with Gasteiger partial charge >= 0.3 is 0 Å². The summed E-state index contributed by atoms with van der Waals surface area (Å²) in [6.07, 6.45) is 1.28. The van der Waals surface area contributed by atoms with Gasteiger partial charge in [-0.05, 0) is 12.1 Å². The van der Waals surface area contributed by atoms with Gasteiger partial charge in [-0.2, -0.15) is 0 Å². The highest BCUT2D eigenvalue weighted by Crippen LogP contribution is 2.20. The largest absolute Gasteiger partial charge is 0.326 e. The molecule has 0 aliphatic rings. The van der Waals surface area contributed by atoms with Crippen LogP contribution in [-0.2, 0) is 0 Å². The minimum atomic E-state index is -0.921. The molecule has 0 bridgehead atoms. The van der Waals surface area contributed by atoms with Crippen molar-refractivity contribution in [3.63, 3.8) is 0 Å². The van der Waals surface area contributed by atoms with E-state index in [-0.39, 0.29) is 5.56 Å². The van der Waals surface area contributed by atoms with Crippen molar-refractivity contribution in [3.8, 4) is 11.1 Å². The maximum atomic E-state index is 13.3. The molecule has 1 heterocycles. The van der Waals surface area contributed by atoms with E-state index in [1.807, 2.05) is 0 Å². The minimum absolute atomic E-state index is 0.257. The van der Waals surface area contributed by atoms with Crippen LogP contribution in [0.3, 0.4) is 0 Å². The van der Waals surface area contributed by atoms with Gasteiger partial charge in [0, 0.05) is 17.3 Å². The first-order chi connectivity index (χ1) is 7.18. The lowest BCUT2D eigenvalue weighted by Crippen LogP contribution is -2.09. The molecule has 76 valence electrons. The van der Waals surface area contributed by atoms with E-state index in [0.29, 0.717) is 5.56 Å². The van der Waals surface area contributed by atoms with Crippen molar-refractivity contribution in [1.29, 1.82) is 0 Å². The Morgan fingerprint density at radius 3 is 2.47 bits per heavy atom. The van der Waals surface area contributed by atoms with Gasteiger partial charge in [-0.1, -0.05) is 18.2 Å². The molecule has 15 heavy (non-hydrogen) atoms. The molecule has 1 aromatic carbocycles. The standard InChI is InChI=1S/C11H7F2NO/c12-9-4-2-1-3-8(9)7-5-10(13)11(15)14-6-7/h1-6H,(H,14,15). The number of hydrogen-bond donors (Lipinski definition) is 1. The molecule has 4 heteroatoms. The molecule has 0 spiro atoms. The summed E-state index contributed by atoms with van der Waals surface area (Å²) in [5.74, 6) is -1.38. The summed E-state index contributed by atoms with van der Waals surface area (Å²) >= 11 is 0. The van der Waals surface area contributed by atoms with Crippen molar-refractivity contribution >= 4 is 0 Å². The van der Waals surface area contributed by atoms with Crippen LogP contribution in [0.25, 0.3) is 11.1 Å². The minimum Gasteiger partial charge on any atom is -0.326 e. The Morgan fingerprint density at radius 1 is 1.07 bits per heavy atom. The zero-order valence-electron chi connectivity index (χ0n) is 7.63. The molecule has 1 N–H and O–H groups in total. The Morgan fingerprint density at radius 2 is 1.80 bits per heavy atom. The molecule has 2 aromatic rings. The van der Waals surface area contributed by atoms with E-state index in [4.69, 9.17) is 0 Å². The average molecular weight is 207 g/mol. The fourth-order valence-corrected chi connectivity index (χ4v) is 1.31. The highest BCUT2D eigenvalue weighted by atomic mass is 19.1. The summed E-state index contributed by atoms with van der Waals surface area (Å²) < 4.78 is 26.2. The van der Waals surface area contributed by atoms with Crippen LogP contribution in [0.15, 0.2) is 41.3 Å². The first-order valence-corrected chi connectivity index (χ1v) is 4.31. The smallest absolute Gasteiger partial charge is 0.283 e. The third-order valence-corrected chi connectivity index (χ3v) is 2.04. The Kier molecular flexibility index (Phi) is 2.33. The van der Waals surface area contributed by atoms with E-state index in [1.54, 1.807) is 12.1 Å². The van der Waals surface area contributed by atoms with Gasteiger partial charge in [0.1, 0.15) is 5.82 Å². The van der Waals surface area contributed by atoms with Gasteiger partial charge in [0.15, 0.2) is 5.82 Å². The van der Waals surface area contributed by atoms with Crippen molar-refractivity contribution in [3.05, 3.63) is 58.5 Å². The van der Waals surface area contributed by atoms with Gasteiger partial charge < -0.3 is 4.98 Å². The summed E-state index contributed by atoms with van der Waals surface area (Å²) in [5.41, 5.74) is -0.243. The molecular weight excluding hydrogens is 200 g/mol. The second-order valence-electron chi connectivity index (χ2n) is 3.05. The van der Waals surface area contributed by atoms with E-state index >= 15 is 0 Å². The SMILES string of the molecule is O=c1[nH]cc(-c2ccccc2F)cc1F. The van der Waals surface area contributed by atoms with Gasteiger partial charge in [0.2, 0.25) is 0 Å². The third-order valence-electron chi connectivity index (χ3n) is 2.04. The number of hydrogen-bond acceptors (Lipinski definition) is 1. The fourth-order valence-electron chi connectivity index (χ4n) is 1.31. The van der Waals surface area contributed by atoms with Gasteiger partial charge in [0.25, 0.3) is 5.56 Å². The lowest BCUT2D eigenvalue weighted by atomic mass is 10.1. The molecule has 0 radical (unpaired) electrons. The lowest BCUT2D eigenvalue weighted by molar-refractivity contribution is 0.608. The summed E-state index contributed by atoms with van der Waals surface area (Å²) in [7, 11) is 0. The van der Waals surface area contributed by atoms with Crippen LogP contribution < -0.4 is 5.56 Å². The number of pyridine rings is 1. The van der Waals surface area contributed by atoms with Crippen molar-refractivity contribution < 1.29 is 8.78 Å². The normalized spacial score (nSPS) is 10.3. The lowest BCUT2D eigenvalue weighted by Gasteiger charge is -2.02. The van der Waals surface area contributed by atoms with Gasteiger partial charge in [-0.15, -0.1) is 0 Å². The molecule has 0 amide bonds. The van der Waals surface area contributed by atoms with E-state index in [9.17, 15) is 13.6 Å². The van der Waals surface area contributed by atoms with Gasteiger partial charge in [-0.25, -0.2) is 8.78 Å². The first kappa shape index (κ1) is 9.58. The number of aromatic nitrogens is 1. The van der Waals surface area contributed by atoms with Crippen LogP contribution in [0.1, 0.15) is 0 Å². The molecule has 2 nitrogen and oxygen atoms in total. The van der Waals surface area contributed by atoms with Crippen LogP contribution in [-0.4, -0.2) is 4.98 Å². The summed E-state index contributed by atoms with van der Waals surface area (Å²) in [5, 5.41) is 0. The Labute approximate surface area is 84.2 Å². The van der Waals surface area contributed by atoms with Crippen molar-refractivity contribution in [1.82, 2.24) is 4.98 Å². The summed E-state index contributed by atoms with van der Waals surface area (Å²) in [4.78, 5) is 13.0. The van der Waals surface area contributed by atoms with Gasteiger partial charge in [-0.3, -0.25) is 4.79 Å². The second-order valence-corrected chi connectivity index (χ2v) is 3.05. The number of aromatic amines is 1. The van der Waals surface area contributed by atoms with Crippen LogP contribution in [0.2, 0.25) is 0 Å². The molecule has 0 saturated heterocycles. The number of nitrogens with one attached hydrogen (secondary N) is 1. The molecule has 0 fully saturated rings. The topological polar surface area (TPSA) is 32.9 Å². The molecule has 1 aromatic heterocycles. The van der Waals surface area contributed by atoms with Crippen LogP contribution >= 0.6 is 0 Å². The van der Waals surface area contributed by atoms with Crippen LogP contribution in [0.5, 0.6) is 0 Å². The molecule has 0 aliphatic carbocycles. The second kappa shape index (κ2) is 3.65. The highest BCUT2D eigenvalue weighted by molar-refractivity contribution is 5.62. The first-order valence-electron chi connectivity index (χ1n) is 4.31.